The monoisotopic (exact) mass is 498 g/mol. The minimum absolute atomic E-state index is 0.378. The average Bonchev–Trinajstić information content (AvgIpc) is 2.97. The van der Waals surface area contributed by atoms with Crippen LogP contribution in [0.5, 0.6) is 11.5 Å². The van der Waals surface area contributed by atoms with Crippen LogP contribution in [-0.4, -0.2) is 13.1 Å². The summed E-state index contributed by atoms with van der Waals surface area (Å²) in [5.74, 6) is 0.925. The van der Waals surface area contributed by atoms with E-state index < -0.39 is 5.41 Å². The van der Waals surface area contributed by atoms with E-state index in [2.05, 4.69) is 86.6 Å². The second-order valence-corrected chi connectivity index (χ2v) is 9.49. The molecular formula is C35H30O3. The Bertz CT molecular complexity index is 1460. The second-order valence-electron chi connectivity index (χ2n) is 9.49. The molecule has 188 valence electrons. The minimum atomic E-state index is -0.602. The van der Waals surface area contributed by atoms with Crippen molar-refractivity contribution in [2.45, 2.75) is 19.3 Å². The van der Waals surface area contributed by atoms with Crippen LogP contribution in [0.2, 0.25) is 0 Å². The van der Waals surface area contributed by atoms with E-state index in [-0.39, 0.29) is 5.97 Å². The maximum absolute atomic E-state index is 12.7. The Morgan fingerprint density at radius 2 is 0.921 bits per heavy atom. The summed E-state index contributed by atoms with van der Waals surface area (Å²) in [6.07, 6.45) is 0. The Labute approximate surface area is 224 Å². The fourth-order valence-corrected chi connectivity index (χ4v) is 4.96. The van der Waals surface area contributed by atoms with Crippen LogP contribution in [0.4, 0.5) is 0 Å². The molecule has 0 aliphatic carbocycles. The molecule has 0 bridgehead atoms. The Morgan fingerprint density at radius 3 is 1.34 bits per heavy atom. The minimum Gasteiger partial charge on any atom is -0.497 e. The third-order valence-corrected chi connectivity index (χ3v) is 7.00. The number of hydrogen-bond donors (Lipinski definition) is 0. The molecule has 0 unspecified atom stereocenters. The molecular weight excluding hydrogens is 468 g/mol. The first kappa shape index (κ1) is 25.0. The highest BCUT2D eigenvalue weighted by atomic mass is 16.5. The molecule has 0 spiro atoms. The van der Waals surface area contributed by atoms with Crippen LogP contribution in [-0.2, 0) is 5.41 Å². The Kier molecular flexibility index (Phi) is 7.10. The van der Waals surface area contributed by atoms with Gasteiger partial charge < -0.3 is 9.47 Å². The van der Waals surface area contributed by atoms with E-state index in [0.29, 0.717) is 11.3 Å². The maximum atomic E-state index is 12.7. The molecule has 0 fully saturated rings. The van der Waals surface area contributed by atoms with Crippen molar-refractivity contribution in [1.82, 2.24) is 0 Å². The number of ether oxygens (including phenoxy) is 2. The number of benzene rings is 5. The van der Waals surface area contributed by atoms with Crippen LogP contribution in [0.1, 0.15) is 43.7 Å². The van der Waals surface area contributed by atoms with Crippen LogP contribution in [0.15, 0.2) is 127 Å². The van der Waals surface area contributed by atoms with Crippen molar-refractivity contribution < 1.29 is 14.3 Å². The molecule has 0 aliphatic rings. The highest BCUT2D eigenvalue weighted by Gasteiger charge is 2.38. The zero-order valence-corrected chi connectivity index (χ0v) is 21.8. The molecule has 0 atom stereocenters. The van der Waals surface area contributed by atoms with Gasteiger partial charge in [-0.05, 0) is 72.5 Å². The van der Waals surface area contributed by atoms with Crippen LogP contribution in [0.25, 0.3) is 0 Å². The van der Waals surface area contributed by atoms with Gasteiger partial charge in [-0.2, -0.15) is 0 Å². The smallest absolute Gasteiger partial charge is 0.343 e. The third-order valence-electron chi connectivity index (χ3n) is 7.00. The molecule has 0 N–H and O–H groups in total. The van der Waals surface area contributed by atoms with Gasteiger partial charge in [-0.25, -0.2) is 4.79 Å². The van der Waals surface area contributed by atoms with Crippen molar-refractivity contribution >= 4 is 5.97 Å². The number of methoxy groups -OCH3 is 1. The second kappa shape index (κ2) is 10.8. The summed E-state index contributed by atoms with van der Waals surface area (Å²) in [7, 11) is 1.68. The van der Waals surface area contributed by atoms with Crippen molar-refractivity contribution in [2.75, 3.05) is 7.11 Å². The molecule has 38 heavy (non-hydrogen) atoms. The quantitative estimate of drug-likeness (QED) is 0.130. The van der Waals surface area contributed by atoms with Gasteiger partial charge in [-0.15, -0.1) is 0 Å². The molecule has 0 amide bonds. The fourth-order valence-electron chi connectivity index (χ4n) is 4.96. The number of carbonyl (C=O) groups is 1. The highest BCUT2D eigenvalue weighted by molar-refractivity contribution is 5.91. The lowest BCUT2D eigenvalue weighted by Gasteiger charge is -2.37. The predicted octanol–water partition coefficient (Wildman–Crippen LogP) is 7.91. The summed E-state index contributed by atoms with van der Waals surface area (Å²) in [5, 5.41) is 0. The fraction of sp³-hybridized carbons (Fsp3) is 0.114. The summed E-state index contributed by atoms with van der Waals surface area (Å²) in [6, 6.07) is 42.5. The molecule has 0 heterocycles. The van der Waals surface area contributed by atoms with E-state index in [1.807, 2.05) is 42.5 Å². The number of rotatable bonds is 7. The molecule has 0 saturated carbocycles. The molecule has 0 aromatic heterocycles. The normalized spacial score (nSPS) is 11.1. The standard InChI is InChI=1S/C35H30O3/c1-25-9-13-28(14-10-25)35(29-15-11-26(2)12-16-29,30-17-21-32(37-3)22-18-30)31-19-23-33(24-20-31)38-34(36)27-7-5-4-6-8-27/h4-24H,1-3H3. The molecule has 5 aromatic carbocycles. The van der Waals surface area contributed by atoms with Crippen molar-refractivity contribution in [3.8, 4) is 11.5 Å². The Hall–Kier alpha value is -4.63. The van der Waals surface area contributed by atoms with Crippen molar-refractivity contribution in [2.24, 2.45) is 0 Å². The van der Waals surface area contributed by atoms with Gasteiger partial charge in [-0.3, -0.25) is 0 Å². The SMILES string of the molecule is COc1ccc(C(c2ccc(C)cc2)(c2ccc(C)cc2)c2ccc(OC(=O)c3ccccc3)cc2)cc1. The number of carbonyl (C=O) groups excluding carboxylic acids is 1. The highest BCUT2D eigenvalue weighted by Crippen LogP contribution is 2.46. The summed E-state index contributed by atoms with van der Waals surface area (Å²) in [4.78, 5) is 12.7. The van der Waals surface area contributed by atoms with Crippen molar-refractivity contribution in [3.63, 3.8) is 0 Å². The molecule has 0 aliphatic heterocycles. The van der Waals surface area contributed by atoms with Gasteiger partial charge in [0.05, 0.1) is 18.1 Å². The zero-order valence-electron chi connectivity index (χ0n) is 21.8. The first-order chi connectivity index (χ1) is 18.5. The molecule has 3 heteroatoms. The van der Waals surface area contributed by atoms with E-state index in [1.54, 1.807) is 19.2 Å². The van der Waals surface area contributed by atoms with E-state index in [9.17, 15) is 4.79 Å². The average molecular weight is 499 g/mol. The van der Waals surface area contributed by atoms with Gasteiger partial charge in [0.2, 0.25) is 0 Å². The number of esters is 1. The van der Waals surface area contributed by atoms with E-state index in [1.165, 1.54) is 11.1 Å². The Morgan fingerprint density at radius 1 is 0.526 bits per heavy atom. The lowest BCUT2D eigenvalue weighted by Crippen LogP contribution is -2.31. The van der Waals surface area contributed by atoms with E-state index in [4.69, 9.17) is 9.47 Å². The maximum Gasteiger partial charge on any atom is 0.343 e. The molecule has 0 radical (unpaired) electrons. The Balaban J connectivity index is 1.67. The van der Waals surface area contributed by atoms with Crippen molar-refractivity contribution in [1.29, 1.82) is 0 Å². The van der Waals surface area contributed by atoms with E-state index >= 15 is 0 Å². The van der Waals surface area contributed by atoms with Gasteiger partial charge in [0, 0.05) is 0 Å². The molecule has 5 aromatic rings. The van der Waals surface area contributed by atoms with Gasteiger partial charge in [0.15, 0.2) is 0 Å². The van der Waals surface area contributed by atoms with Gasteiger partial charge in [-0.1, -0.05) is 102 Å². The summed E-state index contributed by atoms with van der Waals surface area (Å²) in [5.41, 5.74) is 6.78. The van der Waals surface area contributed by atoms with Gasteiger partial charge >= 0.3 is 5.97 Å². The van der Waals surface area contributed by atoms with E-state index in [0.717, 1.165) is 28.0 Å². The lowest BCUT2D eigenvalue weighted by atomic mass is 9.65. The number of hydrogen-bond acceptors (Lipinski definition) is 3. The van der Waals surface area contributed by atoms with Crippen LogP contribution < -0.4 is 9.47 Å². The molecule has 5 rings (SSSR count). The molecule has 3 nitrogen and oxygen atoms in total. The van der Waals surface area contributed by atoms with Gasteiger partial charge in [0.1, 0.15) is 11.5 Å². The summed E-state index contributed by atoms with van der Waals surface area (Å²) < 4.78 is 11.2. The first-order valence-electron chi connectivity index (χ1n) is 12.7. The summed E-state index contributed by atoms with van der Waals surface area (Å²) >= 11 is 0. The topological polar surface area (TPSA) is 35.5 Å². The predicted molar refractivity (Wildman–Crippen MR) is 152 cm³/mol. The van der Waals surface area contributed by atoms with Gasteiger partial charge in [0.25, 0.3) is 0 Å². The zero-order chi connectivity index (χ0) is 26.5. The summed E-state index contributed by atoms with van der Waals surface area (Å²) in [6.45, 7) is 4.20. The molecule has 0 saturated heterocycles. The van der Waals surface area contributed by atoms with Crippen LogP contribution in [0.3, 0.4) is 0 Å². The third kappa shape index (κ3) is 4.83. The largest absolute Gasteiger partial charge is 0.497 e. The van der Waals surface area contributed by atoms with Crippen LogP contribution >= 0.6 is 0 Å². The lowest BCUT2D eigenvalue weighted by molar-refractivity contribution is 0.0734. The van der Waals surface area contributed by atoms with Crippen LogP contribution in [0, 0.1) is 13.8 Å². The number of aryl methyl sites for hydroxylation is 2. The van der Waals surface area contributed by atoms with Crippen molar-refractivity contribution in [3.05, 3.63) is 166 Å². The first-order valence-corrected chi connectivity index (χ1v) is 12.7.